The van der Waals surface area contributed by atoms with Gasteiger partial charge in [0.25, 0.3) is 5.91 Å². The van der Waals surface area contributed by atoms with Gasteiger partial charge in [-0.1, -0.05) is 0 Å². The van der Waals surface area contributed by atoms with Crippen LogP contribution in [0.2, 0.25) is 0 Å². The molecule has 0 aliphatic carbocycles. The predicted molar refractivity (Wildman–Crippen MR) is 56.1 cm³/mol. The van der Waals surface area contributed by atoms with E-state index in [0.29, 0.717) is 17.1 Å². The number of nitrogens with one attached hydrogen (secondary N) is 1. The zero-order valence-electron chi connectivity index (χ0n) is 6.71. The highest BCUT2D eigenvalue weighted by molar-refractivity contribution is 9.11. The minimum atomic E-state index is -0.462. The third-order valence-corrected chi connectivity index (χ3v) is 3.01. The molecule has 0 aliphatic rings. The van der Waals surface area contributed by atoms with Crippen LogP contribution in [0, 0.1) is 0 Å². The molecule has 13 heavy (non-hydrogen) atoms. The largest absolute Gasteiger partial charge is 0.395 e. The molecule has 1 rings (SSSR count). The average Bonchev–Trinajstić information content (AvgIpc) is 2.43. The summed E-state index contributed by atoms with van der Waals surface area (Å²) in [5.74, 6) is -0.462. The second-order valence-electron chi connectivity index (χ2n) is 2.31. The molecule has 0 fully saturated rings. The van der Waals surface area contributed by atoms with Crippen LogP contribution in [-0.4, -0.2) is 24.2 Å². The summed E-state index contributed by atoms with van der Waals surface area (Å²) in [6.07, 6.45) is 0. The third kappa shape index (κ3) is 2.68. The highest BCUT2D eigenvalue weighted by atomic mass is 79.9. The van der Waals surface area contributed by atoms with Crippen LogP contribution in [0.3, 0.4) is 0 Å². The maximum absolute atomic E-state index is 10.9. The van der Waals surface area contributed by atoms with E-state index >= 15 is 0 Å². The minimum absolute atomic E-state index is 0.0195. The van der Waals surface area contributed by atoms with Crippen LogP contribution in [0.1, 0.15) is 9.67 Å². The van der Waals surface area contributed by atoms with E-state index in [9.17, 15) is 4.79 Å². The van der Waals surface area contributed by atoms with Crippen molar-refractivity contribution in [1.82, 2.24) is 0 Å². The summed E-state index contributed by atoms with van der Waals surface area (Å²) in [6.45, 7) is 0.426. The molecule has 0 radical (unpaired) electrons. The van der Waals surface area contributed by atoms with Crippen LogP contribution in [0.5, 0.6) is 0 Å². The number of halogens is 1. The number of carbonyl (C=O) groups excluding carboxylic acids is 1. The van der Waals surface area contributed by atoms with Gasteiger partial charge in [0.15, 0.2) is 0 Å². The summed E-state index contributed by atoms with van der Waals surface area (Å²) in [7, 11) is 0. The SMILES string of the molecule is NC(=O)c1sc(Br)cc1NCCO. The van der Waals surface area contributed by atoms with Crippen molar-refractivity contribution in [2.75, 3.05) is 18.5 Å². The maximum Gasteiger partial charge on any atom is 0.260 e. The van der Waals surface area contributed by atoms with Crippen LogP contribution in [0.15, 0.2) is 9.85 Å². The predicted octanol–water partition coefficient (Wildman–Crippen LogP) is 1.01. The first-order chi connectivity index (χ1) is 6.15. The minimum Gasteiger partial charge on any atom is -0.395 e. The molecule has 1 heterocycles. The zero-order valence-corrected chi connectivity index (χ0v) is 9.11. The van der Waals surface area contributed by atoms with Crippen LogP contribution >= 0.6 is 27.3 Å². The Kier molecular flexibility index (Phi) is 3.71. The zero-order chi connectivity index (χ0) is 9.84. The van der Waals surface area contributed by atoms with Crippen molar-refractivity contribution in [3.8, 4) is 0 Å². The van der Waals surface area contributed by atoms with Gasteiger partial charge in [0, 0.05) is 6.54 Å². The van der Waals surface area contributed by atoms with E-state index < -0.39 is 5.91 Å². The number of nitrogens with two attached hydrogens (primary N) is 1. The number of amides is 1. The number of hydrogen-bond acceptors (Lipinski definition) is 4. The van der Waals surface area contributed by atoms with Gasteiger partial charge in [-0.3, -0.25) is 4.79 Å². The molecule has 0 aliphatic heterocycles. The van der Waals surface area contributed by atoms with E-state index in [1.54, 1.807) is 6.07 Å². The second-order valence-corrected chi connectivity index (χ2v) is 4.74. The van der Waals surface area contributed by atoms with Crippen LogP contribution in [0.4, 0.5) is 5.69 Å². The Morgan fingerprint density at radius 3 is 3.00 bits per heavy atom. The van der Waals surface area contributed by atoms with E-state index in [0.717, 1.165) is 3.79 Å². The number of aliphatic hydroxyl groups excluding tert-OH is 1. The number of hydrogen-bond donors (Lipinski definition) is 3. The topological polar surface area (TPSA) is 75.4 Å². The van der Waals surface area contributed by atoms with Crippen LogP contribution < -0.4 is 11.1 Å². The second kappa shape index (κ2) is 4.59. The molecule has 4 N–H and O–H groups in total. The van der Waals surface area contributed by atoms with Crippen molar-refractivity contribution in [3.63, 3.8) is 0 Å². The van der Waals surface area contributed by atoms with Crippen molar-refractivity contribution in [2.24, 2.45) is 5.73 Å². The summed E-state index contributed by atoms with van der Waals surface area (Å²) in [5, 5.41) is 11.5. The lowest BCUT2D eigenvalue weighted by atomic mass is 10.3. The van der Waals surface area contributed by atoms with Crippen LogP contribution in [-0.2, 0) is 0 Å². The summed E-state index contributed by atoms with van der Waals surface area (Å²) < 4.78 is 0.835. The van der Waals surface area contributed by atoms with Gasteiger partial charge in [-0.2, -0.15) is 0 Å². The molecule has 0 atom stereocenters. The molecule has 0 aromatic carbocycles. The standard InChI is InChI=1S/C7H9BrN2O2S/c8-5-3-4(10-1-2-11)6(13-5)7(9)12/h3,10-11H,1-2H2,(H2,9,12). The molecular weight excluding hydrogens is 256 g/mol. The Bertz CT molecular complexity index is 313. The fourth-order valence-corrected chi connectivity index (χ4v) is 2.29. The van der Waals surface area contributed by atoms with Crippen molar-refractivity contribution >= 4 is 38.9 Å². The van der Waals surface area contributed by atoms with Gasteiger partial charge in [0.05, 0.1) is 16.1 Å². The molecule has 1 aromatic heterocycles. The Labute approximate surface area is 87.9 Å². The van der Waals surface area contributed by atoms with E-state index in [1.807, 2.05) is 0 Å². The van der Waals surface area contributed by atoms with Crippen molar-refractivity contribution in [2.45, 2.75) is 0 Å². The molecule has 0 saturated heterocycles. The average molecular weight is 265 g/mol. The molecular formula is C7H9BrN2O2S. The maximum atomic E-state index is 10.9. The van der Waals surface area contributed by atoms with Gasteiger partial charge in [0.1, 0.15) is 4.88 Å². The number of carbonyl (C=O) groups is 1. The molecule has 1 aromatic rings. The number of primary amides is 1. The molecule has 72 valence electrons. The lowest BCUT2D eigenvalue weighted by molar-refractivity contribution is 0.100. The van der Waals surface area contributed by atoms with Gasteiger partial charge in [-0.15, -0.1) is 11.3 Å². The number of aliphatic hydroxyl groups is 1. The van der Waals surface area contributed by atoms with E-state index in [-0.39, 0.29) is 6.61 Å². The highest BCUT2D eigenvalue weighted by Crippen LogP contribution is 2.30. The Morgan fingerprint density at radius 2 is 2.46 bits per heavy atom. The van der Waals surface area contributed by atoms with Gasteiger partial charge < -0.3 is 16.2 Å². The molecule has 0 bridgehead atoms. The molecule has 0 saturated carbocycles. The Morgan fingerprint density at radius 1 is 1.77 bits per heavy atom. The lowest BCUT2D eigenvalue weighted by Gasteiger charge is -2.01. The first kappa shape index (κ1) is 10.5. The number of anilines is 1. The molecule has 1 amide bonds. The van der Waals surface area contributed by atoms with Gasteiger partial charge in [-0.05, 0) is 22.0 Å². The number of rotatable bonds is 4. The molecule has 6 heteroatoms. The lowest BCUT2D eigenvalue weighted by Crippen LogP contribution is -2.13. The normalized spacial score (nSPS) is 10.0. The van der Waals surface area contributed by atoms with Crippen LogP contribution in [0.25, 0.3) is 0 Å². The molecule has 0 spiro atoms. The van der Waals surface area contributed by atoms with Crippen molar-refractivity contribution in [1.29, 1.82) is 0 Å². The first-order valence-corrected chi connectivity index (χ1v) is 5.20. The Balaban J connectivity index is 2.84. The van der Waals surface area contributed by atoms with Crippen molar-refractivity contribution < 1.29 is 9.90 Å². The van der Waals surface area contributed by atoms with E-state index in [4.69, 9.17) is 10.8 Å². The molecule has 0 unspecified atom stereocenters. The summed E-state index contributed by atoms with van der Waals surface area (Å²) in [4.78, 5) is 11.4. The first-order valence-electron chi connectivity index (χ1n) is 3.59. The summed E-state index contributed by atoms with van der Waals surface area (Å²) in [5.41, 5.74) is 5.81. The van der Waals surface area contributed by atoms with Gasteiger partial charge in [-0.25, -0.2) is 0 Å². The monoisotopic (exact) mass is 264 g/mol. The quantitative estimate of drug-likeness (QED) is 0.760. The highest BCUT2D eigenvalue weighted by Gasteiger charge is 2.11. The van der Waals surface area contributed by atoms with E-state index in [2.05, 4.69) is 21.2 Å². The van der Waals surface area contributed by atoms with Gasteiger partial charge >= 0.3 is 0 Å². The van der Waals surface area contributed by atoms with Gasteiger partial charge in [0.2, 0.25) is 0 Å². The fourth-order valence-electron chi connectivity index (χ4n) is 0.866. The fraction of sp³-hybridized carbons (Fsp3) is 0.286. The number of thiophene rings is 1. The summed E-state index contributed by atoms with van der Waals surface area (Å²) in [6, 6.07) is 1.76. The summed E-state index contributed by atoms with van der Waals surface area (Å²) >= 11 is 4.52. The smallest absolute Gasteiger partial charge is 0.260 e. The van der Waals surface area contributed by atoms with E-state index in [1.165, 1.54) is 11.3 Å². The Hall–Kier alpha value is -0.590. The van der Waals surface area contributed by atoms with Crippen molar-refractivity contribution in [3.05, 3.63) is 14.7 Å². The third-order valence-electron chi connectivity index (χ3n) is 1.35. The molecule has 4 nitrogen and oxygen atoms in total.